The molecule has 0 fully saturated rings. The quantitative estimate of drug-likeness (QED) is 0.0447. The van der Waals surface area contributed by atoms with Crippen molar-refractivity contribution in [1.29, 1.82) is 0 Å². The van der Waals surface area contributed by atoms with Gasteiger partial charge in [0, 0.05) is 36.3 Å². The molecule has 0 saturated carbocycles. The third-order valence-electron chi connectivity index (χ3n) is 7.67. The molecular weight excluding hydrogens is 635 g/mol. The highest BCUT2D eigenvalue weighted by molar-refractivity contribution is 6.01. The fraction of sp³-hybridized carbons (Fsp3) is 0.273. The smallest absolute Gasteiger partial charge is 0.268 e. The summed E-state index contributed by atoms with van der Waals surface area (Å²) in [4.78, 5) is 71.7. The van der Waals surface area contributed by atoms with Crippen molar-refractivity contribution in [1.82, 2.24) is 25.5 Å². The van der Waals surface area contributed by atoms with Crippen molar-refractivity contribution in [2.75, 3.05) is 13.1 Å². The van der Waals surface area contributed by atoms with Gasteiger partial charge < -0.3 is 43.9 Å². The van der Waals surface area contributed by atoms with E-state index in [2.05, 4.69) is 25.9 Å². The number of hydrogen-bond donors (Lipinski definition) is 8. The molecule has 0 unspecified atom stereocenters. The van der Waals surface area contributed by atoms with E-state index in [1.807, 2.05) is 24.3 Å². The lowest BCUT2D eigenvalue weighted by Crippen LogP contribution is -2.52. The molecule has 0 spiro atoms. The van der Waals surface area contributed by atoms with E-state index in [-0.39, 0.29) is 43.9 Å². The van der Waals surface area contributed by atoms with E-state index in [1.54, 1.807) is 6.20 Å². The number of nitrogens with zero attached hydrogens (tertiary/aromatic N) is 2. The number of aromatic nitrogens is 2. The lowest BCUT2D eigenvalue weighted by molar-refractivity contribution is -0.129. The molecule has 0 aliphatic carbocycles. The van der Waals surface area contributed by atoms with Gasteiger partial charge in [-0.1, -0.05) is 30.3 Å². The highest BCUT2D eigenvalue weighted by atomic mass is 19.1. The summed E-state index contributed by atoms with van der Waals surface area (Å²) >= 11 is 0. The molecule has 2 aromatic carbocycles. The first-order valence-electron chi connectivity index (χ1n) is 15.4. The summed E-state index contributed by atoms with van der Waals surface area (Å²) in [6, 6.07) is 12.6. The molecule has 0 bridgehead atoms. The van der Waals surface area contributed by atoms with Crippen molar-refractivity contribution < 1.29 is 28.4 Å². The number of carbonyl (C=O) groups excluding carboxylic acids is 5. The molecule has 4 rings (SSSR count). The molecule has 2 heterocycles. The van der Waals surface area contributed by atoms with Crippen LogP contribution in [0.4, 0.5) is 4.39 Å². The van der Waals surface area contributed by atoms with Gasteiger partial charge in [0.05, 0.1) is 12.6 Å². The Kier molecular flexibility index (Phi) is 12.2. The summed E-state index contributed by atoms with van der Waals surface area (Å²) in [6.45, 7) is -0.367. The van der Waals surface area contributed by atoms with Crippen molar-refractivity contribution in [3.8, 4) is 0 Å². The van der Waals surface area contributed by atoms with Crippen molar-refractivity contribution in [3.05, 3.63) is 95.7 Å². The zero-order chi connectivity index (χ0) is 35.5. The number of amides is 4. The summed E-state index contributed by atoms with van der Waals surface area (Å²) < 4.78 is 14.4. The van der Waals surface area contributed by atoms with Crippen LogP contribution in [-0.4, -0.2) is 76.3 Å². The van der Waals surface area contributed by atoms with Crippen LogP contribution in [0.1, 0.15) is 39.3 Å². The number of carbonyl (C=O) groups is 5. The lowest BCUT2D eigenvalue weighted by atomic mass is 10.0. The highest BCUT2D eigenvalue weighted by Crippen LogP contribution is 2.19. The van der Waals surface area contributed by atoms with Gasteiger partial charge >= 0.3 is 0 Å². The maximum absolute atomic E-state index is 13.4. The molecule has 4 amide bonds. The number of aromatic amines is 1. The molecule has 16 heteroatoms. The summed E-state index contributed by atoms with van der Waals surface area (Å²) in [5.41, 5.74) is 24.6. The summed E-state index contributed by atoms with van der Waals surface area (Å²) in [5, 5.41) is 8.49. The molecule has 15 nitrogen and oxygen atoms in total. The van der Waals surface area contributed by atoms with Gasteiger partial charge in [-0.05, 0) is 60.7 Å². The average Bonchev–Trinajstić information content (AvgIpc) is 3.73. The van der Waals surface area contributed by atoms with Crippen LogP contribution >= 0.6 is 0 Å². The number of halogens is 1. The SMILES string of the molecule is NC(=O)[C@H](Cc1c[nH]c2ccccc12)NC(=O)CNC(=O)[C@H](CCCN=C(N)N)NC(=O)c1cccn1C(=O)[C@@H](N)Cc1ccc(F)cc1. The van der Waals surface area contributed by atoms with Gasteiger partial charge in [0.15, 0.2) is 5.96 Å². The van der Waals surface area contributed by atoms with Gasteiger partial charge in [-0.25, -0.2) is 4.39 Å². The maximum atomic E-state index is 13.4. The molecule has 49 heavy (non-hydrogen) atoms. The van der Waals surface area contributed by atoms with Crippen molar-refractivity contribution in [2.24, 2.45) is 27.9 Å². The Balaban J connectivity index is 1.39. The maximum Gasteiger partial charge on any atom is 0.268 e. The van der Waals surface area contributed by atoms with E-state index in [9.17, 15) is 28.4 Å². The average molecular weight is 675 g/mol. The van der Waals surface area contributed by atoms with E-state index < -0.39 is 60.0 Å². The first-order chi connectivity index (χ1) is 23.4. The lowest BCUT2D eigenvalue weighted by Gasteiger charge is -2.20. The largest absolute Gasteiger partial charge is 0.370 e. The number of aliphatic imine (C=N–C) groups is 1. The standard InChI is InChI=1S/C33H39FN10O5/c34-21-11-9-19(10-12-21)15-23(35)32(49)44-14-4-8-27(44)31(48)43-25(7-3-13-39-33(37)38)30(47)41-18-28(45)42-26(29(36)46)16-20-17-40-24-6-2-1-5-22(20)24/h1-2,4-6,8-12,14,17,23,25-26,40H,3,7,13,15-16,18,35H2,(H2,36,46)(H,41,47)(H,42,45)(H,43,48)(H4,37,38,39)/t23-,25-,26-/m0/s1. The van der Waals surface area contributed by atoms with E-state index in [4.69, 9.17) is 22.9 Å². The van der Waals surface area contributed by atoms with Crippen molar-refractivity contribution in [3.63, 3.8) is 0 Å². The number of rotatable bonds is 16. The molecule has 3 atom stereocenters. The predicted octanol–water partition coefficient (Wildman–Crippen LogP) is -0.200. The number of primary amides is 1. The Hall–Kier alpha value is -6.03. The number of H-pyrrole nitrogens is 1. The normalized spacial score (nSPS) is 12.8. The highest BCUT2D eigenvalue weighted by Gasteiger charge is 2.27. The fourth-order valence-electron chi connectivity index (χ4n) is 5.18. The van der Waals surface area contributed by atoms with Crippen LogP contribution in [0.3, 0.4) is 0 Å². The second kappa shape index (κ2) is 16.7. The van der Waals surface area contributed by atoms with Gasteiger partial charge in [0.2, 0.25) is 23.6 Å². The number of fused-ring (bicyclic) bond motifs is 1. The fourth-order valence-corrected chi connectivity index (χ4v) is 5.18. The van der Waals surface area contributed by atoms with E-state index in [1.165, 1.54) is 42.6 Å². The third-order valence-corrected chi connectivity index (χ3v) is 7.67. The number of nitrogens with one attached hydrogen (secondary N) is 4. The van der Waals surface area contributed by atoms with Gasteiger partial charge in [-0.2, -0.15) is 0 Å². The molecule has 258 valence electrons. The number of nitrogens with two attached hydrogens (primary N) is 4. The van der Waals surface area contributed by atoms with E-state index >= 15 is 0 Å². The summed E-state index contributed by atoms with van der Waals surface area (Å²) in [7, 11) is 0. The summed E-state index contributed by atoms with van der Waals surface area (Å²) in [5.74, 6) is -4.08. The minimum Gasteiger partial charge on any atom is -0.370 e. The molecule has 0 saturated heterocycles. The Bertz CT molecular complexity index is 1830. The molecule has 0 radical (unpaired) electrons. The van der Waals surface area contributed by atoms with Crippen LogP contribution in [-0.2, 0) is 27.2 Å². The van der Waals surface area contributed by atoms with Crippen LogP contribution in [0.15, 0.2) is 78.0 Å². The van der Waals surface area contributed by atoms with Crippen LogP contribution in [0, 0.1) is 5.82 Å². The third kappa shape index (κ3) is 9.98. The number of benzene rings is 2. The first kappa shape index (κ1) is 35.8. The van der Waals surface area contributed by atoms with Gasteiger partial charge in [-0.15, -0.1) is 0 Å². The van der Waals surface area contributed by atoms with Gasteiger partial charge in [-0.3, -0.25) is 33.5 Å². The molecular formula is C33H39FN10O5. The van der Waals surface area contributed by atoms with Crippen LogP contribution in [0.25, 0.3) is 10.9 Å². The first-order valence-corrected chi connectivity index (χ1v) is 15.4. The molecule has 0 aliphatic rings. The Morgan fingerprint density at radius 3 is 2.35 bits per heavy atom. The zero-order valence-corrected chi connectivity index (χ0v) is 26.5. The number of para-hydroxylation sites is 1. The van der Waals surface area contributed by atoms with Crippen molar-refractivity contribution in [2.45, 2.75) is 43.8 Å². The topological polar surface area (TPSA) is 259 Å². The van der Waals surface area contributed by atoms with Crippen molar-refractivity contribution >= 4 is 46.4 Å². The number of hydrogen-bond acceptors (Lipinski definition) is 7. The zero-order valence-electron chi connectivity index (χ0n) is 26.5. The molecule has 12 N–H and O–H groups in total. The van der Waals surface area contributed by atoms with E-state index in [0.29, 0.717) is 5.56 Å². The van der Waals surface area contributed by atoms with Gasteiger partial charge in [0.1, 0.15) is 23.6 Å². The number of guanidine groups is 1. The Labute approximate surface area is 280 Å². The van der Waals surface area contributed by atoms with Gasteiger partial charge in [0.25, 0.3) is 5.91 Å². The molecule has 4 aromatic rings. The van der Waals surface area contributed by atoms with E-state index in [0.717, 1.165) is 21.0 Å². The van der Waals surface area contributed by atoms with Crippen LogP contribution in [0.2, 0.25) is 0 Å². The van der Waals surface area contributed by atoms with Crippen LogP contribution in [0.5, 0.6) is 0 Å². The minimum absolute atomic E-state index is 0.0686. The van der Waals surface area contributed by atoms with Crippen LogP contribution < -0.4 is 38.9 Å². The summed E-state index contributed by atoms with van der Waals surface area (Å²) in [6.07, 6.45) is 3.65. The molecule has 2 aromatic heterocycles. The second-order valence-electron chi connectivity index (χ2n) is 11.3. The predicted molar refractivity (Wildman–Crippen MR) is 180 cm³/mol. The monoisotopic (exact) mass is 674 g/mol. The Morgan fingerprint density at radius 2 is 1.63 bits per heavy atom. The Morgan fingerprint density at radius 1 is 0.898 bits per heavy atom. The minimum atomic E-state index is -1.17. The second-order valence-corrected chi connectivity index (χ2v) is 11.3. The molecule has 0 aliphatic heterocycles.